The van der Waals surface area contributed by atoms with Gasteiger partial charge in [0.05, 0.1) is 6.61 Å². The van der Waals surface area contributed by atoms with E-state index in [9.17, 15) is 15.2 Å². The first kappa shape index (κ1) is 26.0. The van der Waals surface area contributed by atoms with Gasteiger partial charge in [0.15, 0.2) is 0 Å². The molecule has 12 nitrogen and oxygen atoms in total. The van der Waals surface area contributed by atoms with Gasteiger partial charge in [-0.15, -0.1) is 5.01 Å². The van der Waals surface area contributed by atoms with Gasteiger partial charge in [-0.2, -0.15) is 5.73 Å². The molecule has 0 amide bonds. The fourth-order valence-corrected chi connectivity index (χ4v) is 3.72. The molecule has 0 aromatic rings. The van der Waals surface area contributed by atoms with Crippen molar-refractivity contribution in [3.63, 3.8) is 0 Å². The van der Waals surface area contributed by atoms with E-state index in [1.165, 1.54) is 7.11 Å². The number of methoxy groups -OCH3 is 1. The first-order valence-corrected chi connectivity index (χ1v) is 9.11. The van der Waals surface area contributed by atoms with Crippen molar-refractivity contribution in [3.8, 4) is 0 Å². The smallest absolute Gasteiger partial charge is 0.320 e. The van der Waals surface area contributed by atoms with Crippen LogP contribution in [-0.2, 0) is 9.47 Å². The maximum absolute atomic E-state index is 12.3. The SMILES string of the molecule is CCNC(NC)(N(C)C)[N+](C(O)OC)(N(CC)CC)C(N)(OCC)[N+](=O)[O-]. The molecule has 0 bridgehead atoms. The number of aliphatic hydroxyl groups is 1. The summed E-state index contributed by atoms with van der Waals surface area (Å²) >= 11 is 0. The Morgan fingerprint density at radius 3 is 2.07 bits per heavy atom. The van der Waals surface area contributed by atoms with Crippen LogP contribution in [0.2, 0.25) is 0 Å². The minimum atomic E-state index is -2.58. The normalized spacial score (nSPS) is 20.1. The molecule has 27 heavy (non-hydrogen) atoms. The Labute approximate surface area is 161 Å². The van der Waals surface area contributed by atoms with Crippen LogP contribution in [-0.4, -0.2) is 97.3 Å². The standard InChI is InChI=1S/C15H38N7O5/c1-9-18-15(17-5,19(6)7)22(13(23)26-8,20(10-2)11-3)14(16,21(24)25)27-12-4/h13,17-18,23H,9-12,16H2,1-8H3/q+1. The highest BCUT2D eigenvalue weighted by atomic mass is 16.7. The molecular formula is C15H38N7O5+. The fraction of sp³-hybridized carbons (Fsp3) is 1.00. The molecule has 0 aliphatic carbocycles. The quantitative estimate of drug-likeness (QED) is 0.123. The lowest BCUT2D eigenvalue weighted by Crippen LogP contribution is -2.97. The number of rotatable bonds is 14. The van der Waals surface area contributed by atoms with Crippen LogP contribution in [0.5, 0.6) is 0 Å². The molecule has 12 heteroatoms. The number of nitrogens with one attached hydrogen (secondary N) is 2. The zero-order valence-electron chi connectivity index (χ0n) is 17.9. The Kier molecular flexibility index (Phi) is 10.2. The Balaban J connectivity index is 7.44. The van der Waals surface area contributed by atoms with E-state index in [2.05, 4.69) is 10.6 Å². The predicted octanol–water partition coefficient (Wildman–Crippen LogP) is -1.13. The van der Waals surface area contributed by atoms with Gasteiger partial charge >= 0.3 is 18.3 Å². The summed E-state index contributed by atoms with van der Waals surface area (Å²) < 4.78 is 9.86. The van der Waals surface area contributed by atoms with Gasteiger partial charge in [-0.25, -0.2) is 20.3 Å². The average molecular weight is 397 g/mol. The van der Waals surface area contributed by atoms with Crippen molar-refractivity contribution in [2.75, 3.05) is 54.5 Å². The van der Waals surface area contributed by atoms with Gasteiger partial charge in [0.2, 0.25) is 0 Å². The van der Waals surface area contributed by atoms with E-state index < -0.39 is 27.8 Å². The van der Waals surface area contributed by atoms with Gasteiger partial charge in [-0.1, -0.05) is 6.92 Å². The number of ether oxygens (including phenoxy) is 2. The lowest BCUT2D eigenvalue weighted by molar-refractivity contribution is -1.23. The van der Waals surface area contributed by atoms with Crippen molar-refractivity contribution in [2.24, 2.45) is 5.73 Å². The van der Waals surface area contributed by atoms with Crippen molar-refractivity contribution in [1.29, 1.82) is 0 Å². The van der Waals surface area contributed by atoms with Crippen LogP contribution in [0.1, 0.15) is 27.7 Å². The maximum Gasteiger partial charge on any atom is 0.555 e. The summed E-state index contributed by atoms with van der Waals surface area (Å²) in [7, 11) is 6.30. The molecule has 0 fully saturated rings. The molecule has 162 valence electrons. The van der Waals surface area contributed by atoms with Gasteiger partial charge in [0, 0.05) is 26.7 Å². The Bertz CT molecular complexity index is 468. The third-order valence-electron chi connectivity index (χ3n) is 4.73. The van der Waals surface area contributed by atoms with E-state index in [1.807, 2.05) is 20.8 Å². The molecule has 0 saturated heterocycles. The summed E-state index contributed by atoms with van der Waals surface area (Å²) in [5.41, 5.74) is 6.35. The molecule has 4 unspecified atom stereocenters. The number of aliphatic hydroxyl groups excluding tert-OH is 1. The number of quaternary nitrogens is 1. The highest BCUT2D eigenvalue weighted by Crippen LogP contribution is 2.38. The predicted molar refractivity (Wildman–Crippen MR) is 101 cm³/mol. The zero-order chi connectivity index (χ0) is 21.5. The molecule has 0 spiro atoms. The van der Waals surface area contributed by atoms with Crippen LogP contribution in [0, 0.1) is 10.1 Å². The van der Waals surface area contributed by atoms with Gasteiger partial charge in [-0.3, -0.25) is 10.1 Å². The highest BCUT2D eigenvalue weighted by molar-refractivity contribution is 4.75. The minimum Gasteiger partial charge on any atom is -0.320 e. The molecule has 0 aliphatic rings. The Morgan fingerprint density at radius 1 is 1.30 bits per heavy atom. The summed E-state index contributed by atoms with van der Waals surface area (Å²) in [6.07, 6.45) is -1.74. The second-order valence-corrected chi connectivity index (χ2v) is 6.08. The van der Waals surface area contributed by atoms with Crippen LogP contribution < -0.4 is 16.4 Å². The molecule has 0 radical (unpaired) electrons. The molecule has 4 atom stereocenters. The van der Waals surface area contributed by atoms with Gasteiger partial charge in [0.25, 0.3) is 0 Å². The lowest BCUT2D eigenvalue weighted by atomic mass is 10.3. The number of hydrogen-bond donors (Lipinski definition) is 4. The van der Waals surface area contributed by atoms with E-state index in [0.29, 0.717) is 19.6 Å². The molecular weight excluding hydrogens is 358 g/mol. The van der Waals surface area contributed by atoms with Crippen LogP contribution in [0.3, 0.4) is 0 Å². The van der Waals surface area contributed by atoms with E-state index >= 15 is 0 Å². The van der Waals surface area contributed by atoms with E-state index in [-0.39, 0.29) is 6.61 Å². The van der Waals surface area contributed by atoms with E-state index in [4.69, 9.17) is 15.2 Å². The largest absolute Gasteiger partial charge is 0.555 e. The maximum atomic E-state index is 12.3. The Hall–Kier alpha value is -0.960. The van der Waals surface area contributed by atoms with Crippen LogP contribution in [0.15, 0.2) is 0 Å². The van der Waals surface area contributed by atoms with E-state index in [0.717, 1.165) is 0 Å². The van der Waals surface area contributed by atoms with Crippen molar-refractivity contribution in [3.05, 3.63) is 10.1 Å². The molecule has 0 heterocycles. The number of hydrogen-bond acceptors (Lipinski definition) is 10. The summed E-state index contributed by atoms with van der Waals surface area (Å²) in [6.45, 7) is 8.08. The van der Waals surface area contributed by atoms with E-state index in [1.54, 1.807) is 38.0 Å². The fourth-order valence-electron chi connectivity index (χ4n) is 3.72. The summed E-state index contributed by atoms with van der Waals surface area (Å²) in [5.74, 6) is -4.03. The molecule has 0 rings (SSSR count). The molecule has 0 aromatic carbocycles. The molecule has 0 aromatic heterocycles. The average Bonchev–Trinajstić information content (AvgIpc) is 2.63. The molecule has 0 saturated carbocycles. The number of nitro groups is 1. The number of nitrogens with zero attached hydrogens (tertiary/aromatic N) is 4. The van der Waals surface area contributed by atoms with Crippen molar-refractivity contribution in [1.82, 2.24) is 20.5 Å². The summed E-state index contributed by atoms with van der Waals surface area (Å²) in [4.78, 5) is 13.2. The van der Waals surface area contributed by atoms with Gasteiger partial charge in [-0.05, 0) is 46.5 Å². The summed E-state index contributed by atoms with van der Waals surface area (Å²) in [5, 5.41) is 31.3. The first-order chi connectivity index (χ1) is 12.6. The second-order valence-electron chi connectivity index (χ2n) is 6.08. The van der Waals surface area contributed by atoms with Crippen LogP contribution in [0.25, 0.3) is 0 Å². The van der Waals surface area contributed by atoms with Crippen LogP contribution in [0.4, 0.5) is 0 Å². The topological polar surface area (TPSA) is 138 Å². The third kappa shape index (κ3) is 3.95. The highest BCUT2D eigenvalue weighted by Gasteiger charge is 2.79. The molecule has 5 N–H and O–H groups in total. The Morgan fingerprint density at radius 2 is 1.81 bits per heavy atom. The number of nitrogens with two attached hydrogens (primary N) is 1. The zero-order valence-corrected chi connectivity index (χ0v) is 17.9. The van der Waals surface area contributed by atoms with Crippen molar-refractivity contribution < 1.29 is 24.1 Å². The minimum absolute atomic E-state index is 0.0471. The van der Waals surface area contributed by atoms with Crippen molar-refractivity contribution in [2.45, 2.75) is 46.0 Å². The lowest BCUT2D eigenvalue weighted by Gasteiger charge is -2.59. The molecule has 0 aliphatic heterocycles. The van der Waals surface area contributed by atoms with Crippen LogP contribution >= 0.6 is 0 Å². The van der Waals surface area contributed by atoms with Gasteiger partial charge < -0.3 is 9.84 Å². The first-order valence-electron chi connectivity index (χ1n) is 9.11. The monoisotopic (exact) mass is 396 g/mol. The van der Waals surface area contributed by atoms with Crippen molar-refractivity contribution >= 4 is 0 Å². The third-order valence-corrected chi connectivity index (χ3v) is 4.73. The second kappa shape index (κ2) is 10.5. The van der Waals surface area contributed by atoms with Gasteiger partial charge in [0.1, 0.15) is 4.92 Å². The summed E-state index contributed by atoms with van der Waals surface area (Å²) in [6, 6.07) is 0.